The van der Waals surface area contributed by atoms with Gasteiger partial charge in [-0.25, -0.2) is 4.98 Å². The van der Waals surface area contributed by atoms with Gasteiger partial charge in [0.05, 0.1) is 6.20 Å². The first-order chi connectivity index (χ1) is 18.5. The van der Waals surface area contributed by atoms with Crippen LogP contribution in [0.4, 0.5) is 23.0 Å². The number of hydrogen-bond acceptors (Lipinski definition) is 8. The molecule has 4 heterocycles. The lowest BCUT2D eigenvalue weighted by Crippen LogP contribution is -2.44. The number of anilines is 4. The van der Waals surface area contributed by atoms with E-state index in [-0.39, 0.29) is 5.91 Å². The van der Waals surface area contributed by atoms with E-state index in [2.05, 4.69) is 54.7 Å². The summed E-state index contributed by atoms with van der Waals surface area (Å²) in [6.45, 7) is 5.99. The molecule has 1 aliphatic rings. The van der Waals surface area contributed by atoms with Crippen molar-refractivity contribution >= 4 is 34.6 Å². The number of imidazole rings is 1. The van der Waals surface area contributed by atoms with Gasteiger partial charge in [-0.2, -0.15) is 4.98 Å². The van der Waals surface area contributed by atoms with Crippen LogP contribution in [0.15, 0.2) is 77.6 Å². The number of fused-ring (bicyclic) bond motifs is 1. The van der Waals surface area contributed by atoms with E-state index >= 15 is 0 Å². The molecule has 0 radical (unpaired) electrons. The molecule has 5 aromatic rings. The van der Waals surface area contributed by atoms with Crippen molar-refractivity contribution in [1.29, 1.82) is 0 Å². The fourth-order valence-corrected chi connectivity index (χ4v) is 4.54. The number of nitrogens with one attached hydrogen (secondary N) is 2. The normalized spacial score (nSPS) is 14.1. The van der Waals surface area contributed by atoms with E-state index < -0.39 is 0 Å². The Labute approximate surface area is 219 Å². The highest BCUT2D eigenvalue weighted by Crippen LogP contribution is 2.27. The molecule has 6 rings (SSSR count). The highest BCUT2D eigenvalue weighted by Gasteiger charge is 2.17. The predicted molar refractivity (Wildman–Crippen MR) is 147 cm³/mol. The first kappa shape index (κ1) is 23.7. The van der Waals surface area contributed by atoms with Gasteiger partial charge in [0.1, 0.15) is 11.3 Å². The third kappa shape index (κ3) is 4.81. The Morgan fingerprint density at radius 3 is 2.74 bits per heavy atom. The topological polar surface area (TPSA) is 104 Å². The fraction of sp³-hybridized carbons (Fsp3) is 0.214. The molecular formula is C28H28N8O2. The van der Waals surface area contributed by atoms with Crippen molar-refractivity contribution in [3.63, 3.8) is 0 Å². The van der Waals surface area contributed by atoms with Crippen LogP contribution in [0.1, 0.15) is 16.1 Å². The van der Waals surface area contributed by atoms with Crippen LogP contribution < -0.4 is 15.5 Å². The third-order valence-corrected chi connectivity index (χ3v) is 6.78. The maximum Gasteiger partial charge on any atom is 0.274 e. The summed E-state index contributed by atoms with van der Waals surface area (Å²) in [5, 5.41) is 10.3. The van der Waals surface area contributed by atoms with Gasteiger partial charge >= 0.3 is 0 Å². The standard InChI is InChI=1S/C28H28N8O2/c1-19-9-10-21(17-23(19)31-26(37)24-18-29-25-8-3-4-11-36(24)25)30-28-32-27(38-33-28)20-6-5-7-22(16-20)35-14-12-34(2)13-15-35/h3-11,16-18H,12-15H2,1-2H3,(H,30,33)(H,31,37). The molecule has 0 atom stereocenters. The Morgan fingerprint density at radius 1 is 1.00 bits per heavy atom. The van der Waals surface area contributed by atoms with Crippen LogP contribution in [-0.2, 0) is 0 Å². The summed E-state index contributed by atoms with van der Waals surface area (Å²) >= 11 is 0. The van der Waals surface area contributed by atoms with E-state index in [0.717, 1.165) is 48.7 Å². The quantitative estimate of drug-likeness (QED) is 0.347. The van der Waals surface area contributed by atoms with E-state index in [1.165, 1.54) is 0 Å². The van der Waals surface area contributed by atoms with Crippen molar-refractivity contribution in [2.24, 2.45) is 0 Å². The average molecular weight is 509 g/mol. The second-order valence-corrected chi connectivity index (χ2v) is 9.44. The van der Waals surface area contributed by atoms with Gasteiger partial charge in [-0.15, -0.1) is 0 Å². The molecule has 1 aliphatic heterocycles. The Hall–Kier alpha value is -4.70. The van der Waals surface area contributed by atoms with Gasteiger partial charge in [0.15, 0.2) is 0 Å². The Kier molecular flexibility index (Phi) is 6.22. The molecule has 0 aliphatic carbocycles. The molecule has 38 heavy (non-hydrogen) atoms. The number of carbonyl (C=O) groups excluding carboxylic acids is 1. The van der Waals surface area contributed by atoms with E-state index in [9.17, 15) is 4.79 Å². The van der Waals surface area contributed by atoms with Gasteiger partial charge in [-0.3, -0.25) is 9.20 Å². The largest absolute Gasteiger partial charge is 0.369 e. The van der Waals surface area contributed by atoms with Crippen LogP contribution in [0.2, 0.25) is 0 Å². The number of likely N-dealkylation sites (N-methyl/N-ethyl adjacent to an activating group) is 1. The minimum absolute atomic E-state index is 0.244. The highest BCUT2D eigenvalue weighted by atomic mass is 16.5. The summed E-state index contributed by atoms with van der Waals surface area (Å²) in [7, 11) is 2.15. The number of pyridine rings is 1. The lowest BCUT2D eigenvalue weighted by molar-refractivity contribution is 0.102. The maximum atomic E-state index is 13.0. The van der Waals surface area contributed by atoms with Gasteiger partial charge in [-0.1, -0.05) is 18.2 Å². The van der Waals surface area contributed by atoms with Gasteiger partial charge in [0.2, 0.25) is 0 Å². The molecule has 0 spiro atoms. The summed E-state index contributed by atoms with van der Waals surface area (Å²) in [6.07, 6.45) is 3.39. The van der Waals surface area contributed by atoms with Crippen molar-refractivity contribution in [2.45, 2.75) is 6.92 Å². The lowest BCUT2D eigenvalue weighted by Gasteiger charge is -2.34. The number of aromatic nitrogens is 4. The summed E-state index contributed by atoms with van der Waals surface area (Å²) in [6, 6.07) is 19.5. The first-order valence-corrected chi connectivity index (χ1v) is 12.5. The molecule has 1 fully saturated rings. The van der Waals surface area contributed by atoms with Gasteiger partial charge in [0.25, 0.3) is 17.7 Å². The SMILES string of the molecule is Cc1ccc(Nc2noc(-c3cccc(N4CCN(C)CC4)c3)n2)cc1NC(=O)c1cnc2ccccn12. The number of hydrogen-bond donors (Lipinski definition) is 2. The second-order valence-electron chi connectivity index (χ2n) is 9.44. The fourth-order valence-electron chi connectivity index (χ4n) is 4.54. The molecule has 0 bridgehead atoms. The summed E-state index contributed by atoms with van der Waals surface area (Å²) < 4.78 is 7.32. The number of rotatable bonds is 6. The smallest absolute Gasteiger partial charge is 0.274 e. The highest BCUT2D eigenvalue weighted by molar-refractivity contribution is 6.04. The van der Waals surface area contributed by atoms with E-state index in [1.54, 1.807) is 10.6 Å². The van der Waals surface area contributed by atoms with Gasteiger partial charge in [0, 0.05) is 55.0 Å². The molecule has 0 unspecified atom stereocenters. The second kappa shape index (κ2) is 9.98. The van der Waals surface area contributed by atoms with E-state index in [1.807, 2.05) is 61.7 Å². The summed E-state index contributed by atoms with van der Waals surface area (Å²) in [4.78, 5) is 26.5. The van der Waals surface area contributed by atoms with E-state index in [4.69, 9.17) is 4.52 Å². The number of aryl methyl sites for hydroxylation is 1. The molecule has 10 nitrogen and oxygen atoms in total. The van der Waals surface area contributed by atoms with Crippen molar-refractivity contribution in [3.8, 4) is 11.5 Å². The molecule has 10 heteroatoms. The lowest BCUT2D eigenvalue weighted by atomic mass is 10.1. The summed E-state index contributed by atoms with van der Waals surface area (Å²) in [5.41, 5.74) is 5.51. The van der Waals surface area contributed by atoms with Crippen LogP contribution in [0.3, 0.4) is 0 Å². The predicted octanol–water partition coefficient (Wildman–Crippen LogP) is 4.44. The molecule has 2 aromatic carbocycles. The van der Waals surface area contributed by atoms with Crippen LogP contribution in [0, 0.1) is 6.92 Å². The van der Waals surface area contributed by atoms with Gasteiger partial charge < -0.3 is 25.0 Å². The molecule has 2 N–H and O–H groups in total. The minimum atomic E-state index is -0.244. The summed E-state index contributed by atoms with van der Waals surface area (Å²) in [5.74, 6) is 0.538. The number of amides is 1. The average Bonchev–Trinajstić information content (AvgIpc) is 3.59. The van der Waals surface area contributed by atoms with Crippen molar-refractivity contribution in [1.82, 2.24) is 24.4 Å². The van der Waals surface area contributed by atoms with E-state index in [0.29, 0.717) is 28.9 Å². The van der Waals surface area contributed by atoms with Gasteiger partial charge in [-0.05, 0) is 67.2 Å². The van der Waals surface area contributed by atoms with Crippen molar-refractivity contribution in [2.75, 3.05) is 48.8 Å². The van der Waals surface area contributed by atoms with Crippen molar-refractivity contribution in [3.05, 3.63) is 84.3 Å². The number of nitrogens with zero attached hydrogens (tertiary/aromatic N) is 6. The Morgan fingerprint density at radius 2 is 1.87 bits per heavy atom. The zero-order valence-corrected chi connectivity index (χ0v) is 21.3. The molecular weight excluding hydrogens is 480 g/mol. The minimum Gasteiger partial charge on any atom is -0.369 e. The Balaban J connectivity index is 1.17. The zero-order valence-electron chi connectivity index (χ0n) is 21.3. The molecule has 3 aromatic heterocycles. The Bertz CT molecular complexity index is 1600. The molecule has 192 valence electrons. The van der Waals surface area contributed by atoms with Crippen LogP contribution >= 0.6 is 0 Å². The molecule has 0 saturated carbocycles. The van der Waals surface area contributed by atoms with Crippen LogP contribution in [-0.4, -0.2) is 63.6 Å². The zero-order chi connectivity index (χ0) is 26.1. The monoisotopic (exact) mass is 508 g/mol. The number of benzene rings is 2. The molecule has 1 amide bonds. The third-order valence-electron chi connectivity index (χ3n) is 6.78. The van der Waals surface area contributed by atoms with Crippen LogP contribution in [0.5, 0.6) is 0 Å². The first-order valence-electron chi connectivity index (χ1n) is 12.5. The van der Waals surface area contributed by atoms with Crippen molar-refractivity contribution < 1.29 is 9.32 Å². The maximum absolute atomic E-state index is 13.0. The number of piperazine rings is 1. The molecule has 1 saturated heterocycles. The van der Waals surface area contributed by atoms with Crippen LogP contribution in [0.25, 0.3) is 17.1 Å². The number of carbonyl (C=O) groups is 1.